The van der Waals surface area contributed by atoms with Gasteiger partial charge in [-0.25, -0.2) is 9.97 Å². The van der Waals surface area contributed by atoms with Gasteiger partial charge in [-0.1, -0.05) is 24.3 Å². The standard InChI is InChI=1S/C22H20N4O3S/c1-3-29-17-10-5-4-9-16(17)20-19(27)18-21(30-20)22(24-13-23-18)26-25-12-14-7-6-8-15(11-14)28-2/h4-11,13,27H,3,12H2,1-2H3. The summed E-state index contributed by atoms with van der Waals surface area (Å²) < 4.78 is 11.6. The molecule has 0 radical (unpaired) electrons. The lowest BCUT2D eigenvalue weighted by atomic mass is 10.1. The molecule has 0 aliphatic rings. The van der Waals surface area contributed by atoms with Crippen LogP contribution in [0.15, 0.2) is 65.1 Å². The maximum atomic E-state index is 10.8. The van der Waals surface area contributed by atoms with Crippen molar-refractivity contribution in [3.05, 3.63) is 60.4 Å². The van der Waals surface area contributed by atoms with E-state index in [2.05, 4.69) is 20.2 Å². The van der Waals surface area contributed by atoms with Gasteiger partial charge in [-0.15, -0.1) is 16.5 Å². The molecular formula is C22H20N4O3S. The number of rotatable bonds is 7. The molecule has 2 aromatic carbocycles. The van der Waals surface area contributed by atoms with E-state index in [1.165, 1.54) is 17.7 Å². The van der Waals surface area contributed by atoms with Gasteiger partial charge in [0.25, 0.3) is 0 Å². The quantitative estimate of drug-likeness (QED) is 0.384. The van der Waals surface area contributed by atoms with E-state index in [-0.39, 0.29) is 5.75 Å². The first-order chi connectivity index (χ1) is 14.7. The molecule has 0 unspecified atom stereocenters. The number of azo groups is 1. The van der Waals surface area contributed by atoms with Crippen LogP contribution in [0.2, 0.25) is 0 Å². The van der Waals surface area contributed by atoms with Crippen molar-refractivity contribution < 1.29 is 14.6 Å². The summed E-state index contributed by atoms with van der Waals surface area (Å²) in [5.41, 5.74) is 2.23. The Morgan fingerprint density at radius 3 is 2.80 bits per heavy atom. The zero-order valence-electron chi connectivity index (χ0n) is 16.6. The third-order valence-corrected chi connectivity index (χ3v) is 5.61. The van der Waals surface area contributed by atoms with Crippen LogP contribution in [-0.4, -0.2) is 28.8 Å². The van der Waals surface area contributed by atoms with E-state index < -0.39 is 0 Å². The molecule has 1 N–H and O–H groups in total. The van der Waals surface area contributed by atoms with Gasteiger partial charge in [0.15, 0.2) is 11.6 Å². The minimum Gasteiger partial charge on any atom is -0.504 e. The molecule has 0 amide bonds. The fourth-order valence-corrected chi connectivity index (χ4v) is 4.14. The summed E-state index contributed by atoms with van der Waals surface area (Å²) in [7, 11) is 1.63. The highest BCUT2D eigenvalue weighted by molar-refractivity contribution is 7.23. The molecule has 4 aromatic rings. The molecule has 152 valence electrons. The zero-order valence-corrected chi connectivity index (χ0v) is 17.4. The normalized spacial score (nSPS) is 11.3. The number of ether oxygens (including phenoxy) is 2. The number of thiophene rings is 1. The van der Waals surface area contributed by atoms with Crippen LogP contribution in [0.4, 0.5) is 5.82 Å². The lowest BCUT2D eigenvalue weighted by Gasteiger charge is -2.08. The molecule has 4 rings (SSSR count). The molecule has 0 fully saturated rings. The van der Waals surface area contributed by atoms with Crippen LogP contribution in [0.5, 0.6) is 17.2 Å². The minimum absolute atomic E-state index is 0.0915. The predicted octanol–water partition coefficient (Wildman–Crippen LogP) is 5.76. The fourth-order valence-electron chi connectivity index (χ4n) is 3.03. The Labute approximate surface area is 177 Å². The highest BCUT2D eigenvalue weighted by atomic mass is 32.1. The van der Waals surface area contributed by atoms with Crippen molar-refractivity contribution in [3.63, 3.8) is 0 Å². The molecule has 0 bridgehead atoms. The van der Waals surface area contributed by atoms with Crippen molar-refractivity contribution in [3.8, 4) is 27.7 Å². The van der Waals surface area contributed by atoms with Crippen molar-refractivity contribution >= 4 is 27.4 Å². The van der Waals surface area contributed by atoms with Crippen LogP contribution >= 0.6 is 11.3 Å². The number of aromatic hydroxyl groups is 1. The summed E-state index contributed by atoms with van der Waals surface area (Å²) in [6, 6.07) is 15.2. The molecule has 0 atom stereocenters. The number of hydrogen-bond donors (Lipinski definition) is 1. The molecule has 2 heterocycles. The van der Waals surface area contributed by atoms with Gasteiger partial charge >= 0.3 is 0 Å². The summed E-state index contributed by atoms with van der Waals surface area (Å²) in [6.07, 6.45) is 1.38. The van der Waals surface area contributed by atoms with Crippen LogP contribution in [0, 0.1) is 0 Å². The molecule has 0 aliphatic carbocycles. The van der Waals surface area contributed by atoms with Crippen molar-refractivity contribution in [2.45, 2.75) is 13.5 Å². The number of hydrogen-bond acceptors (Lipinski definition) is 8. The van der Waals surface area contributed by atoms with E-state index in [0.29, 0.717) is 39.8 Å². The monoisotopic (exact) mass is 420 g/mol. The van der Waals surface area contributed by atoms with E-state index >= 15 is 0 Å². The Morgan fingerprint density at radius 2 is 1.97 bits per heavy atom. The third kappa shape index (κ3) is 3.95. The molecule has 0 spiro atoms. The minimum atomic E-state index is 0.0915. The van der Waals surface area contributed by atoms with Gasteiger partial charge < -0.3 is 14.6 Å². The topological polar surface area (TPSA) is 89.2 Å². The first kappa shape index (κ1) is 19.8. The smallest absolute Gasteiger partial charge is 0.195 e. The number of nitrogens with zero attached hydrogens (tertiary/aromatic N) is 4. The van der Waals surface area contributed by atoms with Gasteiger partial charge in [0.2, 0.25) is 0 Å². The second-order valence-electron chi connectivity index (χ2n) is 6.34. The lowest BCUT2D eigenvalue weighted by Crippen LogP contribution is -1.92. The SMILES string of the molecule is CCOc1ccccc1-c1sc2c(N=NCc3cccc(OC)c3)ncnc2c1O. The summed E-state index contributed by atoms with van der Waals surface area (Å²) >= 11 is 1.37. The van der Waals surface area contributed by atoms with Crippen LogP contribution in [0.1, 0.15) is 12.5 Å². The molecule has 0 saturated carbocycles. The van der Waals surface area contributed by atoms with Gasteiger partial charge in [-0.05, 0) is 36.8 Å². The van der Waals surface area contributed by atoms with Gasteiger partial charge in [-0.2, -0.15) is 5.11 Å². The van der Waals surface area contributed by atoms with Crippen LogP contribution in [0.3, 0.4) is 0 Å². The van der Waals surface area contributed by atoms with Crippen LogP contribution in [-0.2, 0) is 6.54 Å². The molecule has 8 heteroatoms. The first-order valence-electron chi connectivity index (χ1n) is 9.40. The van der Waals surface area contributed by atoms with E-state index in [1.807, 2.05) is 55.5 Å². The van der Waals surface area contributed by atoms with Crippen molar-refractivity contribution in [1.29, 1.82) is 0 Å². The van der Waals surface area contributed by atoms with Gasteiger partial charge in [0.05, 0.1) is 25.1 Å². The summed E-state index contributed by atoms with van der Waals surface area (Å²) in [6.45, 7) is 2.85. The Balaban J connectivity index is 1.68. The van der Waals surface area contributed by atoms with E-state index in [9.17, 15) is 5.11 Å². The number of methoxy groups -OCH3 is 1. The summed E-state index contributed by atoms with van der Waals surface area (Å²) in [5.74, 6) is 1.99. The van der Waals surface area contributed by atoms with Crippen LogP contribution in [0.25, 0.3) is 20.7 Å². The summed E-state index contributed by atoms with van der Waals surface area (Å²) in [4.78, 5) is 9.16. The van der Waals surface area contributed by atoms with E-state index in [4.69, 9.17) is 9.47 Å². The summed E-state index contributed by atoms with van der Waals surface area (Å²) in [5, 5.41) is 19.4. The molecule has 7 nitrogen and oxygen atoms in total. The predicted molar refractivity (Wildman–Crippen MR) is 117 cm³/mol. The molecule has 30 heavy (non-hydrogen) atoms. The Bertz CT molecular complexity index is 1210. The van der Waals surface area contributed by atoms with Gasteiger partial charge in [0.1, 0.15) is 28.0 Å². The highest BCUT2D eigenvalue weighted by Crippen LogP contribution is 2.47. The highest BCUT2D eigenvalue weighted by Gasteiger charge is 2.20. The van der Waals surface area contributed by atoms with Gasteiger partial charge in [-0.3, -0.25) is 0 Å². The molecular weight excluding hydrogens is 400 g/mol. The third-order valence-electron chi connectivity index (χ3n) is 4.41. The average molecular weight is 420 g/mol. The Morgan fingerprint density at radius 1 is 1.10 bits per heavy atom. The Hall–Kier alpha value is -3.52. The van der Waals surface area contributed by atoms with Gasteiger partial charge in [0, 0.05) is 5.56 Å². The second kappa shape index (κ2) is 8.87. The number of benzene rings is 2. The van der Waals surface area contributed by atoms with Crippen molar-refractivity contribution in [2.75, 3.05) is 13.7 Å². The maximum Gasteiger partial charge on any atom is 0.195 e. The molecule has 0 aliphatic heterocycles. The molecule has 2 aromatic heterocycles. The zero-order chi connectivity index (χ0) is 20.9. The number of para-hydroxylation sites is 1. The van der Waals surface area contributed by atoms with E-state index in [0.717, 1.165) is 16.9 Å². The van der Waals surface area contributed by atoms with E-state index in [1.54, 1.807) is 7.11 Å². The average Bonchev–Trinajstić information content (AvgIpc) is 3.12. The largest absolute Gasteiger partial charge is 0.504 e. The number of aromatic nitrogens is 2. The fraction of sp³-hybridized carbons (Fsp3) is 0.182. The lowest BCUT2D eigenvalue weighted by molar-refractivity contribution is 0.341. The van der Waals surface area contributed by atoms with Crippen molar-refractivity contribution in [2.24, 2.45) is 10.2 Å². The molecule has 0 saturated heterocycles. The van der Waals surface area contributed by atoms with Crippen molar-refractivity contribution in [1.82, 2.24) is 9.97 Å². The first-order valence-corrected chi connectivity index (χ1v) is 10.2. The number of fused-ring (bicyclic) bond motifs is 1. The second-order valence-corrected chi connectivity index (χ2v) is 7.36. The van der Waals surface area contributed by atoms with Crippen LogP contribution < -0.4 is 9.47 Å². The Kier molecular flexibility index (Phi) is 5.85. The maximum absolute atomic E-state index is 10.8.